The Kier molecular flexibility index (Phi) is 4.52. The first-order chi connectivity index (χ1) is 10.0. The van der Waals surface area contributed by atoms with Crippen molar-refractivity contribution >= 4 is 23.2 Å². The lowest BCUT2D eigenvalue weighted by Crippen LogP contribution is -2.63. The van der Waals surface area contributed by atoms with E-state index in [-0.39, 0.29) is 5.54 Å². The maximum atomic E-state index is 6.37. The van der Waals surface area contributed by atoms with Crippen molar-refractivity contribution in [2.24, 2.45) is 5.92 Å². The highest BCUT2D eigenvalue weighted by Gasteiger charge is 2.41. The third kappa shape index (κ3) is 3.39. The Balaban J connectivity index is 1.78. The molecule has 21 heavy (non-hydrogen) atoms. The number of piperazine rings is 1. The van der Waals surface area contributed by atoms with Gasteiger partial charge in [-0.05, 0) is 49.8 Å². The van der Waals surface area contributed by atoms with Crippen LogP contribution in [0.1, 0.15) is 38.7 Å². The van der Waals surface area contributed by atoms with Gasteiger partial charge in [-0.1, -0.05) is 36.2 Å². The van der Waals surface area contributed by atoms with Gasteiger partial charge in [0, 0.05) is 41.3 Å². The van der Waals surface area contributed by atoms with Gasteiger partial charge in [-0.2, -0.15) is 0 Å². The Labute approximate surface area is 137 Å². The highest BCUT2D eigenvalue weighted by Crippen LogP contribution is 2.37. The number of nitrogens with zero attached hydrogens (tertiary/aromatic N) is 1. The van der Waals surface area contributed by atoms with Gasteiger partial charge in [-0.15, -0.1) is 0 Å². The van der Waals surface area contributed by atoms with Gasteiger partial charge in [0.1, 0.15) is 0 Å². The molecular weight excluding hydrogens is 303 g/mol. The summed E-state index contributed by atoms with van der Waals surface area (Å²) in [6.45, 7) is 7.72. The van der Waals surface area contributed by atoms with Gasteiger partial charge in [0.15, 0.2) is 0 Å². The highest BCUT2D eigenvalue weighted by atomic mass is 35.5. The van der Waals surface area contributed by atoms with Crippen molar-refractivity contribution in [2.45, 2.75) is 51.2 Å². The van der Waals surface area contributed by atoms with Crippen LogP contribution in [0, 0.1) is 5.92 Å². The van der Waals surface area contributed by atoms with Crippen LogP contribution in [0.4, 0.5) is 0 Å². The summed E-state index contributed by atoms with van der Waals surface area (Å²) in [5, 5.41) is 5.25. The summed E-state index contributed by atoms with van der Waals surface area (Å²) in [5.74, 6) is 0.884. The Bertz CT molecular complexity index is 516. The van der Waals surface area contributed by atoms with E-state index < -0.39 is 0 Å². The summed E-state index contributed by atoms with van der Waals surface area (Å²) in [6, 6.07) is 6.50. The Morgan fingerprint density at radius 3 is 2.71 bits per heavy atom. The standard InChI is InChI=1S/C17H24Cl2N2/c1-3-17(2)11-20-16(12-4-5-12)10-21(17)9-13-6-7-14(18)8-15(13)19/h6-8,12,16,20H,3-5,9-11H2,1-2H3. The van der Waals surface area contributed by atoms with Crippen molar-refractivity contribution in [3.05, 3.63) is 33.8 Å². The molecule has 3 rings (SSSR count). The number of hydrogen-bond donors (Lipinski definition) is 1. The van der Waals surface area contributed by atoms with Crippen LogP contribution in [0.5, 0.6) is 0 Å². The quantitative estimate of drug-likeness (QED) is 0.885. The molecule has 4 heteroatoms. The fourth-order valence-electron chi connectivity index (χ4n) is 3.26. The van der Waals surface area contributed by atoms with Gasteiger partial charge in [0.2, 0.25) is 0 Å². The van der Waals surface area contributed by atoms with Crippen LogP contribution in [0.25, 0.3) is 0 Å². The smallest absolute Gasteiger partial charge is 0.0465 e. The lowest BCUT2D eigenvalue weighted by Gasteiger charge is -2.48. The van der Waals surface area contributed by atoms with Crippen LogP contribution in [-0.4, -0.2) is 29.6 Å². The fourth-order valence-corrected chi connectivity index (χ4v) is 3.73. The highest BCUT2D eigenvalue weighted by molar-refractivity contribution is 6.35. The molecule has 1 aromatic rings. The maximum Gasteiger partial charge on any atom is 0.0465 e. The van der Waals surface area contributed by atoms with Gasteiger partial charge >= 0.3 is 0 Å². The second-order valence-corrected chi connectivity index (χ2v) is 7.64. The Hall–Kier alpha value is -0.280. The van der Waals surface area contributed by atoms with Crippen LogP contribution in [0.15, 0.2) is 18.2 Å². The molecule has 1 N–H and O–H groups in total. The predicted molar refractivity (Wildman–Crippen MR) is 90.1 cm³/mol. The first-order valence-corrected chi connectivity index (χ1v) is 8.70. The summed E-state index contributed by atoms with van der Waals surface area (Å²) < 4.78 is 0. The lowest BCUT2D eigenvalue weighted by atomic mass is 9.90. The Morgan fingerprint density at radius 1 is 1.33 bits per heavy atom. The minimum atomic E-state index is 0.203. The topological polar surface area (TPSA) is 15.3 Å². The summed E-state index contributed by atoms with van der Waals surface area (Å²) in [5.41, 5.74) is 1.38. The van der Waals surface area contributed by atoms with E-state index in [1.807, 2.05) is 12.1 Å². The number of hydrogen-bond acceptors (Lipinski definition) is 2. The molecule has 0 bridgehead atoms. The Morgan fingerprint density at radius 2 is 2.10 bits per heavy atom. The molecule has 1 saturated carbocycles. The molecule has 1 aliphatic heterocycles. The average Bonchev–Trinajstić information content (AvgIpc) is 3.28. The predicted octanol–water partition coefficient (Wildman–Crippen LogP) is 4.35. The zero-order chi connectivity index (χ0) is 15.0. The normalized spacial score (nSPS) is 30.6. The van der Waals surface area contributed by atoms with Crippen molar-refractivity contribution in [2.75, 3.05) is 13.1 Å². The molecule has 116 valence electrons. The van der Waals surface area contributed by atoms with Gasteiger partial charge in [-0.3, -0.25) is 4.90 Å². The van der Waals surface area contributed by atoms with Gasteiger partial charge in [-0.25, -0.2) is 0 Å². The molecule has 0 aromatic heterocycles. The molecule has 0 radical (unpaired) electrons. The van der Waals surface area contributed by atoms with Crippen LogP contribution in [0.3, 0.4) is 0 Å². The number of rotatable bonds is 4. The third-order valence-corrected chi connectivity index (χ3v) is 5.84. The second-order valence-electron chi connectivity index (χ2n) is 6.79. The minimum absolute atomic E-state index is 0.203. The third-order valence-electron chi connectivity index (χ3n) is 5.25. The van der Waals surface area contributed by atoms with Gasteiger partial charge in [0.25, 0.3) is 0 Å². The van der Waals surface area contributed by atoms with Crippen molar-refractivity contribution in [3.8, 4) is 0 Å². The van der Waals surface area contributed by atoms with Gasteiger partial charge in [0.05, 0.1) is 0 Å². The van der Waals surface area contributed by atoms with Crippen LogP contribution in [-0.2, 0) is 6.54 Å². The summed E-state index contributed by atoms with van der Waals surface area (Å²) >= 11 is 12.4. The summed E-state index contributed by atoms with van der Waals surface area (Å²) in [4.78, 5) is 2.61. The molecule has 1 aliphatic carbocycles. The van der Waals surface area contributed by atoms with Crippen molar-refractivity contribution in [3.63, 3.8) is 0 Å². The van der Waals surface area contributed by atoms with Crippen molar-refractivity contribution < 1.29 is 0 Å². The number of halogens is 2. The van der Waals surface area contributed by atoms with E-state index in [1.54, 1.807) is 0 Å². The summed E-state index contributed by atoms with van der Waals surface area (Å²) in [7, 11) is 0. The van der Waals surface area contributed by atoms with E-state index in [0.29, 0.717) is 11.1 Å². The van der Waals surface area contributed by atoms with Crippen LogP contribution >= 0.6 is 23.2 Å². The molecule has 1 saturated heterocycles. The van der Waals surface area contributed by atoms with E-state index in [1.165, 1.54) is 18.4 Å². The molecular formula is C17H24Cl2N2. The molecule has 0 spiro atoms. The molecule has 2 nitrogen and oxygen atoms in total. The summed E-state index contributed by atoms with van der Waals surface area (Å²) in [6.07, 6.45) is 3.91. The van der Waals surface area contributed by atoms with E-state index >= 15 is 0 Å². The molecule has 0 amide bonds. The molecule has 2 unspecified atom stereocenters. The van der Waals surface area contributed by atoms with Crippen molar-refractivity contribution in [1.29, 1.82) is 0 Å². The first kappa shape index (κ1) is 15.6. The zero-order valence-corrected chi connectivity index (χ0v) is 14.3. The van der Waals surface area contributed by atoms with E-state index in [2.05, 4.69) is 30.1 Å². The number of benzene rings is 1. The largest absolute Gasteiger partial charge is 0.311 e. The average molecular weight is 327 g/mol. The molecule has 2 aliphatic rings. The monoisotopic (exact) mass is 326 g/mol. The van der Waals surface area contributed by atoms with Crippen LogP contribution < -0.4 is 5.32 Å². The fraction of sp³-hybridized carbons (Fsp3) is 0.647. The SMILES string of the molecule is CCC1(C)CNC(C2CC2)CN1Cc1ccc(Cl)cc1Cl. The first-order valence-electron chi connectivity index (χ1n) is 7.94. The molecule has 1 heterocycles. The van der Waals surface area contributed by atoms with Gasteiger partial charge < -0.3 is 5.32 Å². The second kappa shape index (κ2) is 6.08. The molecule has 2 fully saturated rings. The molecule has 2 atom stereocenters. The molecule has 1 aromatic carbocycles. The van der Waals surface area contributed by atoms with Crippen LogP contribution in [0.2, 0.25) is 10.0 Å². The maximum absolute atomic E-state index is 6.37. The van der Waals surface area contributed by atoms with E-state index in [4.69, 9.17) is 23.2 Å². The number of nitrogens with one attached hydrogen (secondary N) is 1. The van der Waals surface area contributed by atoms with E-state index in [0.717, 1.165) is 37.0 Å². The van der Waals surface area contributed by atoms with E-state index in [9.17, 15) is 0 Å². The minimum Gasteiger partial charge on any atom is -0.311 e. The van der Waals surface area contributed by atoms with Crippen molar-refractivity contribution in [1.82, 2.24) is 10.2 Å². The zero-order valence-electron chi connectivity index (χ0n) is 12.8. The lowest BCUT2D eigenvalue weighted by molar-refractivity contribution is 0.0369.